The van der Waals surface area contributed by atoms with Gasteiger partial charge in [-0.3, -0.25) is 4.79 Å². The van der Waals surface area contributed by atoms with Gasteiger partial charge in [-0.25, -0.2) is 15.0 Å². The van der Waals surface area contributed by atoms with Crippen molar-refractivity contribution in [2.45, 2.75) is 46.5 Å². The van der Waals surface area contributed by atoms with Crippen LogP contribution in [0.2, 0.25) is 0 Å². The van der Waals surface area contributed by atoms with E-state index in [-0.39, 0.29) is 11.8 Å². The van der Waals surface area contributed by atoms with E-state index in [4.69, 9.17) is 0 Å². The van der Waals surface area contributed by atoms with Crippen LogP contribution < -0.4 is 0 Å². The van der Waals surface area contributed by atoms with Gasteiger partial charge in [-0.1, -0.05) is 0 Å². The molecule has 1 atom stereocenters. The number of carbonyl (C=O) groups excluding carboxylic acids is 1. The van der Waals surface area contributed by atoms with Crippen molar-refractivity contribution in [1.29, 1.82) is 0 Å². The van der Waals surface area contributed by atoms with Crippen molar-refractivity contribution in [2.24, 2.45) is 0 Å². The van der Waals surface area contributed by atoms with Crippen molar-refractivity contribution in [3.05, 3.63) is 38.9 Å². The molecule has 5 nitrogen and oxygen atoms in total. The van der Waals surface area contributed by atoms with E-state index in [1.165, 1.54) is 0 Å². The Balaban J connectivity index is 1.67. The standard InChI is InChI=1S/C17H22N4OS/c1-10-7-11(2)19-17(18-10)14-5-6-21(9-14)16(22)8-15-12(3)20-13(4)23-15/h7,14H,5-6,8-9H2,1-4H3. The van der Waals surface area contributed by atoms with Gasteiger partial charge in [0.2, 0.25) is 5.91 Å². The molecule has 0 N–H and O–H groups in total. The lowest BCUT2D eigenvalue weighted by atomic mass is 10.1. The minimum absolute atomic E-state index is 0.184. The fourth-order valence-corrected chi connectivity index (χ4v) is 4.05. The third-order valence-corrected chi connectivity index (χ3v) is 5.29. The van der Waals surface area contributed by atoms with Crippen molar-refractivity contribution >= 4 is 17.2 Å². The third kappa shape index (κ3) is 3.58. The van der Waals surface area contributed by atoms with Crippen LogP contribution in [-0.2, 0) is 11.2 Å². The number of amides is 1. The van der Waals surface area contributed by atoms with Gasteiger partial charge in [0, 0.05) is 35.3 Å². The van der Waals surface area contributed by atoms with Crippen molar-refractivity contribution < 1.29 is 4.79 Å². The van der Waals surface area contributed by atoms with Crippen molar-refractivity contribution in [3.8, 4) is 0 Å². The molecule has 0 bridgehead atoms. The first kappa shape index (κ1) is 16.1. The second-order valence-corrected chi connectivity index (χ2v) is 7.54. The molecule has 0 aliphatic carbocycles. The topological polar surface area (TPSA) is 59.0 Å². The summed E-state index contributed by atoms with van der Waals surface area (Å²) in [5.74, 6) is 1.31. The highest BCUT2D eigenvalue weighted by Crippen LogP contribution is 2.26. The van der Waals surface area contributed by atoms with Gasteiger partial charge in [0.05, 0.1) is 17.1 Å². The van der Waals surface area contributed by atoms with Crippen LogP contribution in [0.4, 0.5) is 0 Å². The summed E-state index contributed by atoms with van der Waals surface area (Å²) in [6.45, 7) is 9.45. The van der Waals surface area contributed by atoms with Gasteiger partial charge in [0.25, 0.3) is 0 Å². The Hall–Kier alpha value is -1.82. The van der Waals surface area contributed by atoms with Crippen LogP contribution >= 0.6 is 11.3 Å². The van der Waals surface area contributed by atoms with Crippen molar-refractivity contribution in [3.63, 3.8) is 0 Å². The molecule has 122 valence electrons. The summed E-state index contributed by atoms with van der Waals surface area (Å²) in [6.07, 6.45) is 1.40. The molecule has 1 saturated heterocycles. The normalized spacial score (nSPS) is 17.7. The maximum absolute atomic E-state index is 12.6. The SMILES string of the molecule is Cc1cc(C)nc(C2CCN(C(=O)Cc3sc(C)nc3C)C2)n1. The second-order valence-electron chi connectivity index (χ2n) is 6.25. The number of likely N-dealkylation sites (tertiary alicyclic amines) is 1. The summed E-state index contributed by atoms with van der Waals surface area (Å²) >= 11 is 1.62. The average molecular weight is 330 g/mol. The number of hydrogen-bond donors (Lipinski definition) is 0. The average Bonchev–Trinajstić information content (AvgIpc) is 3.05. The zero-order valence-electron chi connectivity index (χ0n) is 14.1. The first-order valence-corrected chi connectivity index (χ1v) is 8.77. The predicted octanol–water partition coefficient (Wildman–Crippen LogP) is 2.73. The van der Waals surface area contributed by atoms with E-state index in [0.717, 1.165) is 52.3 Å². The summed E-state index contributed by atoms with van der Waals surface area (Å²) in [5.41, 5.74) is 2.97. The number of nitrogens with zero attached hydrogens (tertiary/aromatic N) is 4. The van der Waals surface area contributed by atoms with Crippen LogP contribution in [-0.4, -0.2) is 38.8 Å². The second kappa shape index (κ2) is 6.35. The van der Waals surface area contributed by atoms with Gasteiger partial charge < -0.3 is 4.90 Å². The number of thiazole rings is 1. The number of aromatic nitrogens is 3. The van der Waals surface area contributed by atoms with Gasteiger partial charge in [0.1, 0.15) is 5.82 Å². The number of carbonyl (C=O) groups is 1. The molecule has 1 amide bonds. The number of hydrogen-bond acceptors (Lipinski definition) is 5. The van der Waals surface area contributed by atoms with Crippen molar-refractivity contribution in [1.82, 2.24) is 19.9 Å². The quantitative estimate of drug-likeness (QED) is 0.868. The third-order valence-electron chi connectivity index (χ3n) is 4.22. The highest BCUT2D eigenvalue weighted by Gasteiger charge is 2.29. The largest absolute Gasteiger partial charge is 0.342 e. The van der Waals surface area contributed by atoms with Gasteiger partial charge in [-0.05, 0) is 40.2 Å². The summed E-state index contributed by atoms with van der Waals surface area (Å²) in [4.78, 5) is 29.1. The Morgan fingerprint density at radius 3 is 2.52 bits per heavy atom. The van der Waals surface area contributed by atoms with E-state index in [2.05, 4.69) is 15.0 Å². The molecule has 0 spiro atoms. The van der Waals surface area contributed by atoms with Crippen LogP contribution in [0.25, 0.3) is 0 Å². The van der Waals surface area contributed by atoms with Gasteiger partial charge in [-0.2, -0.15) is 0 Å². The molecule has 1 aliphatic heterocycles. The fraction of sp³-hybridized carbons (Fsp3) is 0.529. The minimum atomic E-state index is 0.184. The van der Waals surface area contributed by atoms with E-state index < -0.39 is 0 Å². The summed E-state index contributed by atoms with van der Waals surface area (Å²) < 4.78 is 0. The van der Waals surface area contributed by atoms with Gasteiger partial charge in [0.15, 0.2) is 0 Å². The Morgan fingerprint density at radius 2 is 1.91 bits per heavy atom. The van der Waals surface area contributed by atoms with Crippen LogP contribution in [0.5, 0.6) is 0 Å². The van der Waals surface area contributed by atoms with Crippen LogP contribution in [0, 0.1) is 27.7 Å². The lowest BCUT2D eigenvalue weighted by Gasteiger charge is -2.16. The van der Waals surface area contributed by atoms with Crippen LogP contribution in [0.1, 0.15) is 45.1 Å². The summed E-state index contributed by atoms with van der Waals surface area (Å²) in [5, 5.41) is 1.02. The van der Waals surface area contributed by atoms with E-state index in [1.54, 1.807) is 11.3 Å². The molecule has 1 aliphatic rings. The Labute approximate surface area is 140 Å². The van der Waals surface area contributed by atoms with Crippen LogP contribution in [0.15, 0.2) is 6.07 Å². The molecule has 23 heavy (non-hydrogen) atoms. The molecule has 1 fully saturated rings. The first-order valence-electron chi connectivity index (χ1n) is 7.95. The maximum atomic E-state index is 12.6. The first-order chi connectivity index (χ1) is 10.9. The summed E-state index contributed by atoms with van der Waals surface area (Å²) in [6, 6.07) is 1.98. The minimum Gasteiger partial charge on any atom is -0.342 e. The molecule has 0 radical (unpaired) electrons. The molecular weight excluding hydrogens is 308 g/mol. The van der Waals surface area contributed by atoms with E-state index >= 15 is 0 Å². The highest BCUT2D eigenvalue weighted by molar-refractivity contribution is 7.11. The molecule has 0 aromatic carbocycles. The molecular formula is C17H22N4OS. The highest BCUT2D eigenvalue weighted by atomic mass is 32.1. The Bertz CT molecular complexity index is 720. The lowest BCUT2D eigenvalue weighted by molar-refractivity contribution is -0.129. The van der Waals surface area contributed by atoms with E-state index in [0.29, 0.717) is 6.42 Å². The molecule has 1 unspecified atom stereocenters. The van der Waals surface area contributed by atoms with Gasteiger partial charge >= 0.3 is 0 Å². The molecule has 6 heteroatoms. The lowest BCUT2D eigenvalue weighted by Crippen LogP contribution is -2.30. The van der Waals surface area contributed by atoms with E-state index in [9.17, 15) is 4.79 Å². The van der Waals surface area contributed by atoms with Crippen molar-refractivity contribution in [2.75, 3.05) is 13.1 Å². The smallest absolute Gasteiger partial charge is 0.227 e. The Kier molecular flexibility index (Phi) is 4.43. The number of rotatable bonds is 3. The predicted molar refractivity (Wildman–Crippen MR) is 90.7 cm³/mol. The number of aryl methyl sites for hydroxylation is 4. The molecule has 2 aromatic heterocycles. The molecule has 0 saturated carbocycles. The molecule has 3 rings (SSSR count). The monoisotopic (exact) mass is 330 g/mol. The Morgan fingerprint density at radius 1 is 1.22 bits per heavy atom. The van der Waals surface area contributed by atoms with E-state index in [1.807, 2.05) is 38.7 Å². The summed E-state index contributed by atoms with van der Waals surface area (Å²) in [7, 11) is 0. The zero-order valence-corrected chi connectivity index (χ0v) is 14.9. The zero-order chi connectivity index (χ0) is 16.6. The fourth-order valence-electron chi connectivity index (χ4n) is 3.12. The maximum Gasteiger partial charge on any atom is 0.227 e. The molecule has 3 heterocycles. The molecule has 2 aromatic rings. The van der Waals surface area contributed by atoms with Gasteiger partial charge in [-0.15, -0.1) is 11.3 Å². The van der Waals surface area contributed by atoms with Crippen LogP contribution in [0.3, 0.4) is 0 Å².